The van der Waals surface area contributed by atoms with E-state index in [9.17, 15) is 18.0 Å². The third kappa shape index (κ3) is 3.18. The van der Waals surface area contributed by atoms with Crippen molar-refractivity contribution in [2.24, 2.45) is 5.14 Å². The highest BCUT2D eigenvalue weighted by atomic mass is 32.2. The van der Waals surface area contributed by atoms with Crippen LogP contribution in [0.25, 0.3) is 0 Å². The zero-order valence-electron chi connectivity index (χ0n) is 11.5. The second kappa shape index (κ2) is 5.65. The number of benzene rings is 1. The summed E-state index contributed by atoms with van der Waals surface area (Å²) in [6.07, 6.45) is 0. The van der Waals surface area contributed by atoms with Gasteiger partial charge in [-0.2, -0.15) is 0 Å². The lowest BCUT2D eigenvalue weighted by Crippen LogP contribution is -2.26. The molecule has 2 aromatic rings. The first-order valence-electron chi connectivity index (χ1n) is 6.33. The maximum absolute atomic E-state index is 12.2. The molecule has 0 saturated heterocycles. The van der Waals surface area contributed by atoms with Crippen molar-refractivity contribution in [2.45, 2.75) is 4.21 Å². The molecule has 0 saturated carbocycles. The number of anilines is 2. The van der Waals surface area contributed by atoms with Gasteiger partial charge in [0.05, 0.1) is 16.9 Å². The van der Waals surface area contributed by atoms with E-state index in [1.54, 1.807) is 18.2 Å². The van der Waals surface area contributed by atoms with E-state index in [1.165, 1.54) is 11.4 Å². The van der Waals surface area contributed by atoms with Gasteiger partial charge in [0.25, 0.3) is 11.8 Å². The van der Waals surface area contributed by atoms with Crippen LogP contribution >= 0.6 is 11.3 Å². The van der Waals surface area contributed by atoms with Gasteiger partial charge in [0.15, 0.2) is 12.4 Å². The molecule has 120 valence electrons. The summed E-state index contributed by atoms with van der Waals surface area (Å²) in [5.41, 5.74) is 0.988. The van der Waals surface area contributed by atoms with Crippen LogP contribution in [0.15, 0.2) is 33.9 Å². The number of nitrogens with two attached hydrogens (primary N) is 1. The van der Waals surface area contributed by atoms with Crippen LogP contribution in [0.1, 0.15) is 10.4 Å². The third-order valence-electron chi connectivity index (χ3n) is 3.00. The third-order valence-corrected chi connectivity index (χ3v) is 5.39. The molecule has 0 spiro atoms. The molecule has 0 atom stereocenters. The molecular formula is C13H11N3O5S2. The van der Waals surface area contributed by atoms with Gasteiger partial charge in [0, 0.05) is 5.38 Å². The lowest BCUT2D eigenvalue weighted by Gasteiger charge is -2.20. The molecule has 0 aliphatic carbocycles. The average molecular weight is 353 g/mol. The van der Waals surface area contributed by atoms with Crippen molar-refractivity contribution in [3.63, 3.8) is 0 Å². The summed E-state index contributed by atoms with van der Waals surface area (Å²) in [4.78, 5) is 23.5. The molecule has 0 fully saturated rings. The molecule has 1 aliphatic rings. The van der Waals surface area contributed by atoms with E-state index in [4.69, 9.17) is 9.88 Å². The number of rotatable bonds is 3. The monoisotopic (exact) mass is 353 g/mol. The fourth-order valence-electron chi connectivity index (χ4n) is 1.99. The lowest BCUT2D eigenvalue weighted by molar-refractivity contribution is -0.118. The van der Waals surface area contributed by atoms with Gasteiger partial charge in [-0.1, -0.05) is 6.07 Å². The van der Waals surface area contributed by atoms with Crippen molar-refractivity contribution >= 4 is 44.5 Å². The van der Waals surface area contributed by atoms with Crippen LogP contribution < -0.4 is 20.5 Å². The number of amides is 2. The summed E-state index contributed by atoms with van der Waals surface area (Å²) in [6, 6.07) is 6.10. The maximum atomic E-state index is 12.2. The Labute approximate surface area is 135 Å². The van der Waals surface area contributed by atoms with Crippen molar-refractivity contribution in [3.8, 4) is 5.75 Å². The standard InChI is InChI=1S/C13H11N3O5S2/c14-23(19,20)11-4-7(6-22-11)13(18)16-9-3-1-2-8-12(9)21-5-10(17)15-8/h1-4,6H,5H2,(H,15,17)(H,16,18)(H2,14,19,20). The van der Waals surface area contributed by atoms with Crippen molar-refractivity contribution in [1.29, 1.82) is 0 Å². The number of nitrogens with one attached hydrogen (secondary N) is 2. The van der Waals surface area contributed by atoms with Gasteiger partial charge in [-0.25, -0.2) is 13.6 Å². The van der Waals surface area contributed by atoms with Crippen LogP contribution in [-0.4, -0.2) is 26.8 Å². The molecule has 1 aromatic carbocycles. The first-order valence-corrected chi connectivity index (χ1v) is 8.75. The number of primary sulfonamides is 1. The smallest absolute Gasteiger partial charge is 0.262 e. The number of para-hydroxylation sites is 1. The molecule has 10 heteroatoms. The Kier molecular flexibility index (Phi) is 3.80. The van der Waals surface area contributed by atoms with Gasteiger partial charge < -0.3 is 15.4 Å². The summed E-state index contributed by atoms with van der Waals surface area (Å²) < 4.78 is 27.7. The molecule has 2 amide bonds. The maximum Gasteiger partial charge on any atom is 0.262 e. The molecule has 1 aromatic heterocycles. The fraction of sp³-hybridized carbons (Fsp3) is 0.0769. The Morgan fingerprint density at radius 2 is 2.17 bits per heavy atom. The number of carbonyl (C=O) groups is 2. The number of carbonyl (C=O) groups excluding carboxylic acids is 2. The second-order valence-corrected chi connectivity index (χ2v) is 7.37. The largest absolute Gasteiger partial charge is 0.479 e. The van der Waals surface area contributed by atoms with Crippen LogP contribution in [0.3, 0.4) is 0 Å². The Balaban J connectivity index is 1.85. The van der Waals surface area contributed by atoms with E-state index < -0.39 is 15.9 Å². The molecule has 23 heavy (non-hydrogen) atoms. The van der Waals surface area contributed by atoms with E-state index in [0.29, 0.717) is 17.1 Å². The van der Waals surface area contributed by atoms with Crippen LogP contribution in [-0.2, 0) is 14.8 Å². The van der Waals surface area contributed by atoms with Crippen LogP contribution in [0.2, 0.25) is 0 Å². The molecule has 0 bridgehead atoms. The highest BCUT2D eigenvalue weighted by Gasteiger charge is 2.21. The van der Waals surface area contributed by atoms with E-state index in [0.717, 1.165) is 11.3 Å². The number of fused-ring (bicyclic) bond motifs is 1. The van der Waals surface area contributed by atoms with Gasteiger partial charge in [0.1, 0.15) is 4.21 Å². The van der Waals surface area contributed by atoms with E-state index in [1.807, 2.05) is 0 Å². The van der Waals surface area contributed by atoms with Crippen molar-refractivity contribution in [1.82, 2.24) is 0 Å². The lowest BCUT2D eigenvalue weighted by atomic mass is 10.2. The average Bonchev–Trinajstić information content (AvgIpc) is 2.97. The van der Waals surface area contributed by atoms with Gasteiger partial charge in [0.2, 0.25) is 10.0 Å². The van der Waals surface area contributed by atoms with Gasteiger partial charge in [-0.05, 0) is 18.2 Å². The molecule has 3 rings (SSSR count). The van der Waals surface area contributed by atoms with Crippen molar-refractivity contribution < 1.29 is 22.7 Å². The predicted molar refractivity (Wildman–Crippen MR) is 84.2 cm³/mol. The molecule has 2 heterocycles. The summed E-state index contributed by atoms with van der Waals surface area (Å²) in [6.45, 7) is -0.145. The number of thiophene rings is 1. The zero-order chi connectivity index (χ0) is 16.6. The molecule has 4 N–H and O–H groups in total. The minimum atomic E-state index is -3.84. The molecule has 0 radical (unpaired) electrons. The number of ether oxygens (including phenoxy) is 1. The number of hydrogen-bond acceptors (Lipinski definition) is 6. The van der Waals surface area contributed by atoms with Crippen LogP contribution in [0, 0.1) is 0 Å². The van der Waals surface area contributed by atoms with E-state index in [-0.39, 0.29) is 22.3 Å². The Bertz CT molecular complexity index is 904. The molecule has 0 unspecified atom stereocenters. The normalized spacial score (nSPS) is 13.7. The molecular weight excluding hydrogens is 342 g/mol. The summed E-state index contributed by atoms with van der Waals surface area (Å²) in [7, 11) is -3.84. The van der Waals surface area contributed by atoms with E-state index in [2.05, 4.69) is 10.6 Å². The highest BCUT2D eigenvalue weighted by Crippen LogP contribution is 2.35. The van der Waals surface area contributed by atoms with Gasteiger partial charge >= 0.3 is 0 Å². The van der Waals surface area contributed by atoms with Crippen molar-refractivity contribution in [3.05, 3.63) is 35.2 Å². The summed E-state index contributed by atoms with van der Waals surface area (Å²) in [5.74, 6) is -0.441. The Hall–Kier alpha value is -2.43. The first kappa shape index (κ1) is 15.5. The van der Waals surface area contributed by atoms with Crippen molar-refractivity contribution in [2.75, 3.05) is 17.2 Å². The fourth-order valence-corrected chi connectivity index (χ4v) is 3.58. The minimum absolute atomic E-state index is 0.0961. The predicted octanol–water partition coefficient (Wildman–Crippen LogP) is 0.979. The van der Waals surface area contributed by atoms with Crippen LogP contribution in [0.5, 0.6) is 5.75 Å². The zero-order valence-corrected chi connectivity index (χ0v) is 13.2. The molecule has 1 aliphatic heterocycles. The van der Waals surface area contributed by atoms with E-state index >= 15 is 0 Å². The van der Waals surface area contributed by atoms with Gasteiger partial charge in [-0.3, -0.25) is 9.59 Å². The SMILES string of the molecule is NS(=O)(=O)c1cc(C(=O)Nc2cccc3c2OCC(=O)N3)cs1. The quantitative estimate of drug-likeness (QED) is 0.758. The number of sulfonamides is 1. The summed E-state index contributed by atoms with van der Waals surface area (Å²) in [5, 5.41) is 11.7. The highest BCUT2D eigenvalue weighted by molar-refractivity contribution is 7.91. The topological polar surface area (TPSA) is 128 Å². The minimum Gasteiger partial charge on any atom is -0.479 e. The first-order chi connectivity index (χ1) is 10.8. The molecule has 8 nitrogen and oxygen atoms in total. The Morgan fingerprint density at radius 1 is 1.39 bits per heavy atom. The Morgan fingerprint density at radius 3 is 2.87 bits per heavy atom. The second-order valence-electron chi connectivity index (χ2n) is 4.67. The van der Waals surface area contributed by atoms with Crippen LogP contribution in [0.4, 0.5) is 11.4 Å². The number of hydrogen-bond donors (Lipinski definition) is 3. The summed E-state index contributed by atoms with van der Waals surface area (Å²) >= 11 is 0.862. The van der Waals surface area contributed by atoms with Gasteiger partial charge in [-0.15, -0.1) is 11.3 Å².